The summed E-state index contributed by atoms with van der Waals surface area (Å²) >= 11 is 0.800. The van der Waals surface area contributed by atoms with E-state index in [1.54, 1.807) is 26.0 Å². The molecule has 2 fully saturated rings. The third kappa shape index (κ3) is 4.30. The fourth-order valence-corrected chi connectivity index (χ4v) is 3.72. The van der Waals surface area contributed by atoms with E-state index in [4.69, 9.17) is 9.15 Å². The zero-order valence-corrected chi connectivity index (χ0v) is 15.7. The topological polar surface area (TPSA) is 80.1 Å². The summed E-state index contributed by atoms with van der Waals surface area (Å²) in [6.07, 6.45) is 4.76. The number of hydrogen-bond acceptors (Lipinski definition) is 7. The number of piperidine rings is 1. The summed E-state index contributed by atoms with van der Waals surface area (Å²) in [5.74, 6) is 0.182. The van der Waals surface area contributed by atoms with Crippen molar-refractivity contribution in [1.82, 2.24) is 4.90 Å². The summed E-state index contributed by atoms with van der Waals surface area (Å²) in [4.78, 5) is 39.5. The summed E-state index contributed by atoms with van der Waals surface area (Å²) in [5, 5.41) is -0.482. The number of nitrogens with zero attached hydrogens (tertiary/aromatic N) is 2. The van der Waals surface area contributed by atoms with Gasteiger partial charge in [0.25, 0.3) is 11.1 Å². The second-order valence-electron chi connectivity index (χ2n) is 6.53. The van der Waals surface area contributed by atoms with Gasteiger partial charge in [0.15, 0.2) is 5.88 Å². The van der Waals surface area contributed by atoms with Crippen LogP contribution in [0.15, 0.2) is 21.5 Å². The molecule has 0 spiro atoms. The van der Waals surface area contributed by atoms with E-state index in [1.807, 2.05) is 6.07 Å². The zero-order valence-electron chi connectivity index (χ0n) is 14.9. The maximum absolute atomic E-state index is 12.4. The maximum Gasteiger partial charge on any atom is 0.326 e. The monoisotopic (exact) mass is 378 g/mol. The average molecular weight is 378 g/mol. The van der Waals surface area contributed by atoms with Gasteiger partial charge in [-0.2, -0.15) is 0 Å². The summed E-state index contributed by atoms with van der Waals surface area (Å²) < 4.78 is 10.8. The van der Waals surface area contributed by atoms with Crippen LogP contribution in [0, 0.1) is 0 Å². The molecule has 0 aromatic carbocycles. The molecular weight excluding hydrogens is 356 g/mol. The molecule has 0 atom stereocenters. The van der Waals surface area contributed by atoms with Crippen LogP contribution < -0.4 is 4.90 Å². The molecular formula is C18H22N2O5S. The van der Waals surface area contributed by atoms with Crippen LogP contribution in [0.4, 0.5) is 10.7 Å². The van der Waals surface area contributed by atoms with E-state index in [-0.39, 0.29) is 17.6 Å². The van der Waals surface area contributed by atoms with Gasteiger partial charge in [0.2, 0.25) is 0 Å². The molecule has 3 rings (SSSR count). The summed E-state index contributed by atoms with van der Waals surface area (Å²) in [6.45, 7) is 4.96. The van der Waals surface area contributed by atoms with Crippen LogP contribution in [-0.2, 0) is 14.3 Å². The van der Waals surface area contributed by atoms with Gasteiger partial charge in [-0.3, -0.25) is 19.3 Å². The second-order valence-corrected chi connectivity index (χ2v) is 7.52. The van der Waals surface area contributed by atoms with Crippen molar-refractivity contribution in [2.24, 2.45) is 0 Å². The lowest BCUT2D eigenvalue weighted by Gasteiger charge is -2.25. The number of anilines is 1. The van der Waals surface area contributed by atoms with Crippen molar-refractivity contribution in [2.45, 2.75) is 39.2 Å². The van der Waals surface area contributed by atoms with E-state index >= 15 is 0 Å². The van der Waals surface area contributed by atoms with Gasteiger partial charge in [-0.15, -0.1) is 0 Å². The summed E-state index contributed by atoms with van der Waals surface area (Å²) in [5.41, 5.74) is 0. The van der Waals surface area contributed by atoms with Crippen molar-refractivity contribution >= 4 is 40.8 Å². The second kappa shape index (κ2) is 7.99. The van der Waals surface area contributed by atoms with E-state index in [0.717, 1.165) is 48.5 Å². The lowest BCUT2D eigenvalue weighted by Crippen LogP contribution is -2.35. The first-order valence-electron chi connectivity index (χ1n) is 8.73. The highest BCUT2D eigenvalue weighted by Crippen LogP contribution is 2.33. The van der Waals surface area contributed by atoms with Gasteiger partial charge in [0.05, 0.1) is 11.0 Å². The highest BCUT2D eigenvalue weighted by molar-refractivity contribution is 8.18. The van der Waals surface area contributed by atoms with Crippen molar-refractivity contribution in [2.75, 3.05) is 24.5 Å². The number of amides is 2. The SMILES string of the molecule is CC(C)OC(=O)CN1C(=O)S/C(=C\c2ccc(N3CCCCC3)o2)C1=O. The lowest BCUT2D eigenvalue weighted by molar-refractivity contribution is -0.149. The number of carbonyl (C=O) groups is 3. The fraction of sp³-hybridized carbons (Fsp3) is 0.500. The standard InChI is InChI=1S/C18H22N2O5S/c1-12(2)24-16(21)11-20-17(22)14(26-18(20)23)10-13-6-7-15(25-13)19-8-4-3-5-9-19/h6-7,10,12H,3-5,8-9,11H2,1-2H3/b14-10-. The quantitative estimate of drug-likeness (QED) is 0.575. The zero-order chi connectivity index (χ0) is 18.7. The molecule has 2 aliphatic heterocycles. The van der Waals surface area contributed by atoms with Crippen LogP contribution in [0.1, 0.15) is 38.9 Å². The molecule has 2 aliphatic rings. The Kier molecular flexibility index (Phi) is 5.70. The maximum atomic E-state index is 12.4. The van der Waals surface area contributed by atoms with Gasteiger partial charge >= 0.3 is 5.97 Å². The normalized spacial score (nSPS) is 19.7. The number of thioether (sulfide) groups is 1. The Morgan fingerprint density at radius 2 is 2.00 bits per heavy atom. The van der Waals surface area contributed by atoms with Gasteiger partial charge in [-0.05, 0) is 50.9 Å². The number of imide groups is 1. The minimum atomic E-state index is -0.603. The van der Waals surface area contributed by atoms with Gasteiger partial charge in [0.1, 0.15) is 12.3 Å². The Hall–Kier alpha value is -2.22. The third-order valence-corrected chi connectivity index (χ3v) is 4.99. The first-order valence-corrected chi connectivity index (χ1v) is 9.55. The molecule has 26 heavy (non-hydrogen) atoms. The molecule has 0 saturated carbocycles. The van der Waals surface area contributed by atoms with E-state index in [9.17, 15) is 14.4 Å². The molecule has 7 nitrogen and oxygen atoms in total. The van der Waals surface area contributed by atoms with Crippen molar-refractivity contribution in [3.05, 3.63) is 22.8 Å². The summed E-state index contributed by atoms with van der Waals surface area (Å²) in [7, 11) is 0. The van der Waals surface area contributed by atoms with Crippen LogP contribution in [0.25, 0.3) is 6.08 Å². The van der Waals surface area contributed by atoms with Gasteiger partial charge in [-0.1, -0.05) is 0 Å². The first kappa shape index (κ1) is 18.6. The highest BCUT2D eigenvalue weighted by Gasteiger charge is 2.37. The Balaban J connectivity index is 1.67. The predicted octanol–water partition coefficient (Wildman–Crippen LogP) is 3.26. The predicted molar refractivity (Wildman–Crippen MR) is 98.7 cm³/mol. The molecule has 0 unspecified atom stereocenters. The lowest BCUT2D eigenvalue weighted by atomic mass is 10.1. The molecule has 0 bridgehead atoms. The Labute approximate surface area is 156 Å². The number of furan rings is 1. The molecule has 0 radical (unpaired) electrons. The minimum absolute atomic E-state index is 0.242. The molecule has 1 aromatic heterocycles. The smallest absolute Gasteiger partial charge is 0.326 e. The Morgan fingerprint density at radius 3 is 2.69 bits per heavy atom. The third-order valence-electron chi connectivity index (χ3n) is 4.08. The van der Waals surface area contributed by atoms with Crippen molar-refractivity contribution < 1.29 is 23.5 Å². The van der Waals surface area contributed by atoms with Crippen LogP contribution in [0.3, 0.4) is 0 Å². The van der Waals surface area contributed by atoms with E-state index in [2.05, 4.69) is 4.90 Å². The number of carbonyl (C=O) groups excluding carboxylic acids is 3. The molecule has 3 heterocycles. The van der Waals surface area contributed by atoms with Gasteiger partial charge < -0.3 is 14.1 Å². The average Bonchev–Trinajstić information content (AvgIpc) is 3.16. The molecule has 0 N–H and O–H groups in total. The van der Waals surface area contributed by atoms with E-state index in [1.165, 1.54) is 6.42 Å². The number of rotatable bonds is 5. The highest BCUT2D eigenvalue weighted by atomic mass is 32.2. The fourth-order valence-electron chi connectivity index (χ4n) is 2.90. The van der Waals surface area contributed by atoms with Crippen LogP contribution >= 0.6 is 11.8 Å². The molecule has 2 amide bonds. The van der Waals surface area contributed by atoms with Crippen molar-refractivity contribution in [3.8, 4) is 0 Å². The van der Waals surface area contributed by atoms with E-state index < -0.39 is 17.1 Å². The van der Waals surface area contributed by atoms with Crippen LogP contribution in [0.2, 0.25) is 0 Å². The number of hydrogen-bond donors (Lipinski definition) is 0. The van der Waals surface area contributed by atoms with Crippen LogP contribution in [-0.4, -0.2) is 47.8 Å². The minimum Gasteiger partial charge on any atom is -0.462 e. The van der Waals surface area contributed by atoms with Crippen molar-refractivity contribution in [3.63, 3.8) is 0 Å². The number of ether oxygens (including phenoxy) is 1. The Bertz CT molecular complexity index is 734. The molecule has 1 aromatic rings. The summed E-state index contributed by atoms with van der Waals surface area (Å²) in [6, 6.07) is 3.66. The van der Waals surface area contributed by atoms with Crippen LogP contribution in [0.5, 0.6) is 0 Å². The van der Waals surface area contributed by atoms with E-state index in [0.29, 0.717) is 5.76 Å². The molecule has 8 heteroatoms. The van der Waals surface area contributed by atoms with Crippen molar-refractivity contribution in [1.29, 1.82) is 0 Å². The van der Waals surface area contributed by atoms with Gasteiger partial charge in [0, 0.05) is 25.2 Å². The first-order chi connectivity index (χ1) is 12.4. The molecule has 2 saturated heterocycles. The largest absolute Gasteiger partial charge is 0.462 e. The molecule has 0 aliphatic carbocycles. The Morgan fingerprint density at radius 1 is 1.27 bits per heavy atom. The number of esters is 1. The van der Waals surface area contributed by atoms with Gasteiger partial charge in [-0.25, -0.2) is 0 Å². The molecule has 140 valence electrons.